The zero-order chi connectivity index (χ0) is 20.0. The van der Waals surface area contributed by atoms with Crippen molar-refractivity contribution in [2.75, 3.05) is 27.4 Å². The van der Waals surface area contributed by atoms with Gasteiger partial charge in [-0.05, 0) is 30.5 Å². The molecule has 0 spiro atoms. The molecule has 1 fully saturated rings. The van der Waals surface area contributed by atoms with Gasteiger partial charge in [0.25, 0.3) is 0 Å². The highest BCUT2D eigenvalue weighted by molar-refractivity contribution is 5.86. The first-order valence-corrected chi connectivity index (χ1v) is 9.04. The number of methoxy groups -OCH3 is 2. The molecule has 1 aromatic heterocycles. The SMILES string of the molecule is COc1cccc(OC)c1Oc1ccc(CNC(=O)C2(N)CCOCC2)cn1.Cl.Cl. The molecule has 1 aromatic carbocycles. The molecule has 3 rings (SSSR count). The number of rotatable bonds is 7. The van der Waals surface area contributed by atoms with Crippen LogP contribution in [0.3, 0.4) is 0 Å². The highest BCUT2D eigenvalue weighted by atomic mass is 35.5. The van der Waals surface area contributed by atoms with Gasteiger partial charge in [0, 0.05) is 32.0 Å². The van der Waals surface area contributed by atoms with Crippen LogP contribution in [-0.4, -0.2) is 43.9 Å². The van der Waals surface area contributed by atoms with E-state index in [2.05, 4.69) is 10.3 Å². The van der Waals surface area contributed by atoms with Crippen molar-refractivity contribution in [1.29, 1.82) is 0 Å². The lowest BCUT2D eigenvalue weighted by Crippen LogP contribution is -2.56. The van der Waals surface area contributed by atoms with E-state index in [0.29, 0.717) is 55.7 Å². The lowest BCUT2D eigenvalue weighted by molar-refractivity contribution is -0.129. The molecule has 0 aliphatic carbocycles. The van der Waals surface area contributed by atoms with Crippen LogP contribution in [0, 0.1) is 0 Å². The first-order chi connectivity index (χ1) is 13.6. The van der Waals surface area contributed by atoms with Gasteiger partial charge in [0.2, 0.25) is 17.5 Å². The second kappa shape index (κ2) is 11.8. The maximum absolute atomic E-state index is 12.4. The topological polar surface area (TPSA) is 105 Å². The van der Waals surface area contributed by atoms with Crippen LogP contribution in [0.1, 0.15) is 18.4 Å². The highest BCUT2D eigenvalue weighted by Gasteiger charge is 2.35. The molecular formula is C20H27Cl2N3O5. The minimum Gasteiger partial charge on any atom is -0.493 e. The number of aromatic nitrogens is 1. The molecule has 8 nitrogen and oxygen atoms in total. The lowest BCUT2D eigenvalue weighted by Gasteiger charge is -2.31. The van der Waals surface area contributed by atoms with Crippen molar-refractivity contribution in [2.24, 2.45) is 5.73 Å². The third kappa shape index (κ3) is 6.12. The van der Waals surface area contributed by atoms with Crippen LogP contribution in [0.2, 0.25) is 0 Å². The van der Waals surface area contributed by atoms with E-state index in [1.165, 1.54) is 0 Å². The van der Waals surface area contributed by atoms with Gasteiger partial charge in [-0.25, -0.2) is 4.98 Å². The highest BCUT2D eigenvalue weighted by Crippen LogP contribution is 2.39. The fourth-order valence-corrected chi connectivity index (χ4v) is 2.92. The predicted octanol–water partition coefficient (Wildman–Crippen LogP) is 2.86. The Hall–Kier alpha value is -2.26. The van der Waals surface area contributed by atoms with Gasteiger partial charge in [-0.15, -0.1) is 24.8 Å². The Morgan fingerprint density at radius 1 is 1.13 bits per heavy atom. The smallest absolute Gasteiger partial charge is 0.240 e. The van der Waals surface area contributed by atoms with Gasteiger partial charge in [-0.1, -0.05) is 12.1 Å². The number of halogens is 2. The minimum absolute atomic E-state index is 0. The summed E-state index contributed by atoms with van der Waals surface area (Å²) in [6.07, 6.45) is 2.68. The predicted molar refractivity (Wildman–Crippen MR) is 117 cm³/mol. The van der Waals surface area contributed by atoms with Crippen molar-refractivity contribution in [3.63, 3.8) is 0 Å². The Morgan fingerprint density at radius 3 is 2.30 bits per heavy atom. The Kier molecular flexibility index (Phi) is 10.1. The minimum atomic E-state index is -0.866. The summed E-state index contributed by atoms with van der Waals surface area (Å²) in [6.45, 7) is 1.34. The van der Waals surface area contributed by atoms with Crippen molar-refractivity contribution < 1.29 is 23.7 Å². The van der Waals surface area contributed by atoms with E-state index in [9.17, 15) is 4.79 Å². The summed E-state index contributed by atoms with van der Waals surface area (Å²) in [7, 11) is 3.12. The monoisotopic (exact) mass is 459 g/mol. The molecule has 0 bridgehead atoms. The fourth-order valence-electron chi connectivity index (χ4n) is 2.92. The number of carbonyl (C=O) groups is 1. The van der Waals surface area contributed by atoms with Crippen molar-refractivity contribution in [2.45, 2.75) is 24.9 Å². The van der Waals surface area contributed by atoms with Gasteiger partial charge in [0.05, 0.1) is 19.8 Å². The largest absolute Gasteiger partial charge is 0.493 e. The van der Waals surface area contributed by atoms with E-state index in [1.54, 1.807) is 38.6 Å². The molecule has 0 saturated carbocycles. The van der Waals surface area contributed by atoms with Crippen molar-refractivity contribution in [1.82, 2.24) is 10.3 Å². The van der Waals surface area contributed by atoms with E-state index in [0.717, 1.165) is 5.56 Å². The number of hydrogen-bond acceptors (Lipinski definition) is 7. The summed E-state index contributed by atoms with van der Waals surface area (Å²) >= 11 is 0. The molecule has 0 unspecified atom stereocenters. The molecule has 1 aliphatic rings. The number of carbonyl (C=O) groups excluding carboxylic acids is 1. The average Bonchev–Trinajstić information content (AvgIpc) is 2.73. The third-order valence-electron chi connectivity index (χ3n) is 4.68. The Balaban J connectivity index is 0.00000225. The molecule has 2 aromatic rings. The summed E-state index contributed by atoms with van der Waals surface area (Å²) in [5.41, 5.74) is 6.15. The number of nitrogens with one attached hydrogen (secondary N) is 1. The number of hydrogen-bond donors (Lipinski definition) is 2. The number of pyridine rings is 1. The number of nitrogens with zero attached hydrogens (tertiary/aromatic N) is 1. The standard InChI is InChI=1S/C20H25N3O5.2ClH/c1-25-15-4-3-5-16(26-2)18(15)28-17-7-6-14(12-22-17)13-23-19(24)20(21)8-10-27-11-9-20;;/h3-7,12H,8-11,13,21H2,1-2H3,(H,23,24);2*1H. The van der Waals surface area contributed by atoms with Gasteiger partial charge in [-0.2, -0.15) is 0 Å². The van der Waals surface area contributed by atoms with Gasteiger partial charge >= 0.3 is 0 Å². The molecule has 30 heavy (non-hydrogen) atoms. The molecule has 2 heterocycles. The van der Waals surface area contributed by atoms with Crippen molar-refractivity contribution >= 4 is 30.7 Å². The fraction of sp³-hybridized carbons (Fsp3) is 0.400. The Morgan fingerprint density at radius 2 is 1.77 bits per heavy atom. The molecule has 0 radical (unpaired) electrons. The van der Waals surface area contributed by atoms with E-state index in [4.69, 9.17) is 24.7 Å². The third-order valence-corrected chi connectivity index (χ3v) is 4.68. The zero-order valence-electron chi connectivity index (χ0n) is 16.9. The number of ether oxygens (including phenoxy) is 4. The first-order valence-electron chi connectivity index (χ1n) is 9.04. The van der Waals surface area contributed by atoms with Gasteiger partial charge in [-0.3, -0.25) is 4.79 Å². The summed E-state index contributed by atoms with van der Waals surface area (Å²) in [6, 6.07) is 8.92. The van der Waals surface area contributed by atoms with Crippen molar-refractivity contribution in [3.8, 4) is 23.1 Å². The maximum atomic E-state index is 12.4. The van der Waals surface area contributed by atoms with Crippen LogP contribution in [0.4, 0.5) is 0 Å². The van der Waals surface area contributed by atoms with Crippen LogP contribution < -0.4 is 25.3 Å². The Bertz CT molecular complexity index is 792. The second-order valence-electron chi connectivity index (χ2n) is 6.55. The van der Waals surface area contributed by atoms with Gasteiger partial charge in [0.1, 0.15) is 0 Å². The Labute approximate surface area is 188 Å². The number of amides is 1. The summed E-state index contributed by atoms with van der Waals surface area (Å²) in [5.74, 6) is 1.75. The van der Waals surface area contributed by atoms with E-state index >= 15 is 0 Å². The second-order valence-corrected chi connectivity index (χ2v) is 6.55. The number of nitrogens with two attached hydrogens (primary N) is 1. The molecule has 10 heteroatoms. The van der Waals surface area contributed by atoms with E-state index in [-0.39, 0.29) is 30.7 Å². The molecule has 1 amide bonds. The van der Waals surface area contributed by atoms with Crippen LogP contribution in [0.15, 0.2) is 36.5 Å². The average molecular weight is 460 g/mol. The zero-order valence-corrected chi connectivity index (χ0v) is 18.5. The van der Waals surface area contributed by atoms with Gasteiger partial charge in [0.15, 0.2) is 11.5 Å². The summed E-state index contributed by atoms with van der Waals surface area (Å²) < 4.78 is 21.7. The maximum Gasteiger partial charge on any atom is 0.240 e. The molecule has 1 saturated heterocycles. The van der Waals surface area contributed by atoms with Crippen molar-refractivity contribution in [3.05, 3.63) is 42.1 Å². The summed E-state index contributed by atoms with van der Waals surface area (Å²) in [5, 5.41) is 2.87. The molecule has 3 N–H and O–H groups in total. The van der Waals surface area contributed by atoms with Crippen LogP contribution in [0.25, 0.3) is 0 Å². The normalized spacial score (nSPS) is 14.5. The molecule has 1 aliphatic heterocycles. The first kappa shape index (κ1) is 25.8. The molecule has 166 valence electrons. The van der Waals surface area contributed by atoms with Crippen LogP contribution in [-0.2, 0) is 16.1 Å². The lowest BCUT2D eigenvalue weighted by atomic mass is 9.90. The quantitative estimate of drug-likeness (QED) is 0.655. The van der Waals surface area contributed by atoms with E-state index < -0.39 is 5.54 Å². The summed E-state index contributed by atoms with van der Waals surface area (Å²) in [4.78, 5) is 16.7. The van der Waals surface area contributed by atoms with E-state index in [1.807, 2.05) is 12.1 Å². The number of benzene rings is 1. The molecular weight excluding hydrogens is 433 g/mol. The number of para-hydroxylation sites is 1. The van der Waals surface area contributed by atoms with Crippen LogP contribution in [0.5, 0.6) is 23.1 Å². The molecule has 0 atom stereocenters. The van der Waals surface area contributed by atoms with Gasteiger partial charge < -0.3 is 30.0 Å². The van der Waals surface area contributed by atoms with Crippen LogP contribution >= 0.6 is 24.8 Å².